The van der Waals surface area contributed by atoms with Gasteiger partial charge in [0.25, 0.3) is 0 Å². The molecule has 0 bridgehead atoms. The second-order valence-corrected chi connectivity index (χ2v) is 5.46. The smallest absolute Gasteiger partial charge is 0.137 e. The molecule has 1 fully saturated rings. The third-order valence-electron chi connectivity index (χ3n) is 2.70. The van der Waals surface area contributed by atoms with Crippen molar-refractivity contribution in [1.29, 1.82) is 0 Å². The van der Waals surface area contributed by atoms with Crippen LogP contribution in [-0.4, -0.2) is 31.2 Å². The molecule has 1 unspecified atom stereocenters. The van der Waals surface area contributed by atoms with Crippen molar-refractivity contribution in [3.05, 3.63) is 28.8 Å². The highest BCUT2D eigenvalue weighted by molar-refractivity contribution is 7.99. The van der Waals surface area contributed by atoms with Crippen LogP contribution >= 0.6 is 23.4 Å². The first kappa shape index (κ1) is 12.1. The first-order chi connectivity index (χ1) is 7.79. The molecule has 16 heavy (non-hydrogen) atoms. The van der Waals surface area contributed by atoms with E-state index >= 15 is 0 Å². The van der Waals surface area contributed by atoms with Crippen LogP contribution in [0.15, 0.2) is 18.2 Å². The third kappa shape index (κ3) is 3.06. The molecule has 2 nitrogen and oxygen atoms in total. The van der Waals surface area contributed by atoms with E-state index in [0.717, 1.165) is 18.7 Å². The molecule has 0 aromatic heterocycles. The van der Waals surface area contributed by atoms with E-state index in [0.29, 0.717) is 11.1 Å². The molecular formula is C12H16ClNOS. The monoisotopic (exact) mass is 257 g/mol. The first-order valence-corrected chi connectivity index (χ1v) is 6.96. The van der Waals surface area contributed by atoms with Gasteiger partial charge in [-0.15, -0.1) is 0 Å². The van der Waals surface area contributed by atoms with Crippen molar-refractivity contribution < 1.29 is 4.74 Å². The zero-order chi connectivity index (χ0) is 11.4. The lowest BCUT2D eigenvalue weighted by Gasteiger charge is -2.23. The Bertz CT molecular complexity index is 353. The van der Waals surface area contributed by atoms with E-state index in [1.807, 2.05) is 23.9 Å². The summed E-state index contributed by atoms with van der Waals surface area (Å²) in [5.74, 6) is 3.15. The minimum Gasteiger partial charge on any atom is -0.495 e. The van der Waals surface area contributed by atoms with Gasteiger partial charge in [-0.05, 0) is 24.1 Å². The minimum atomic E-state index is 0.572. The number of hydrogen-bond acceptors (Lipinski definition) is 3. The van der Waals surface area contributed by atoms with E-state index in [1.165, 1.54) is 17.1 Å². The summed E-state index contributed by atoms with van der Waals surface area (Å²) in [4.78, 5) is 0. The summed E-state index contributed by atoms with van der Waals surface area (Å²) < 4.78 is 5.14. The molecule has 4 heteroatoms. The van der Waals surface area contributed by atoms with Crippen molar-refractivity contribution in [3.63, 3.8) is 0 Å². The van der Waals surface area contributed by atoms with Crippen LogP contribution in [0.25, 0.3) is 0 Å². The highest BCUT2D eigenvalue weighted by Gasteiger charge is 2.13. The van der Waals surface area contributed by atoms with Crippen molar-refractivity contribution in [2.45, 2.75) is 12.5 Å². The van der Waals surface area contributed by atoms with Crippen LogP contribution in [0, 0.1) is 0 Å². The van der Waals surface area contributed by atoms with Gasteiger partial charge >= 0.3 is 0 Å². The Morgan fingerprint density at radius 1 is 1.56 bits per heavy atom. The van der Waals surface area contributed by atoms with Gasteiger partial charge < -0.3 is 10.1 Å². The van der Waals surface area contributed by atoms with E-state index < -0.39 is 0 Å². The molecule has 0 amide bonds. The number of methoxy groups -OCH3 is 1. The second-order valence-electron chi connectivity index (χ2n) is 3.90. The van der Waals surface area contributed by atoms with Crippen LogP contribution in [0.4, 0.5) is 0 Å². The molecule has 2 rings (SSSR count). The highest BCUT2D eigenvalue weighted by atomic mass is 35.5. The molecule has 1 atom stereocenters. The summed E-state index contributed by atoms with van der Waals surface area (Å²) >= 11 is 8.11. The Kier molecular flexibility index (Phi) is 4.38. The van der Waals surface area contributed by atoms with Gasteiger partial charge in [0.2, 0.25) is 0 Å². The fraction of sp³-hybridized carbons (Fsp3) is 0.500. The van der Waals surface area contributed by atoms with E-state index in [4.69, 9.17) is 16.3 Å². The molecule has 88 valence electrons. The lowest BCUT2D eigenvalue weighted by atomic mass is 10.1. The summed E-state index contributed by atoms with van der Waals surface area (Å²) in [6, 6.07) is 6.60. The third-order valence-corrected chi connectivity index (χ3v) is 4.12. The average molecular weight is 258 g/mol. The highest BCUT2D eigenvalue weighted by Crippen LogP contribution is 2.25. The van der Waals surface area contributed by atoms with Crippen LogP contribution in [0.2, 0.25) is 5.02 Å². The SMILES string of the molecule is COc1ccc(CC2CSCCN2)cc1Cl. The number of benzene rings is 1. The standard InChI is InChI=1S/C12H16ClNOS/c1-15-12-3-2-9(7-11(12)13)6-10-8-16-5-4-14-10/h2-3,7,10,14H,4-6,8H2,1H3. The molecule has 0 aliphatic carbocycles. The van der Waals surface area contributed by atoms with Crippen molar-refractivity contribution in [2.75, 3.05) is 25.2 Å². The molecule has 0 spiro atoms. The maximum Gasteiger partial charge on any atom is 0.137 e. The van der Waals surface area contributed by atoms with E-state index in [-0.39, 0.29) is 0 Å². The molecule has 1 saturated heterocycles. The van der Waals surface area contributed by atoms with Gasteiger partial charge in [-0.25, -0.2) is 0 Å². The largest absolute Gasteiger partial charge is 0.495 e. The Morgan fingerprint density at radius 2 is 2.44 bits per heavy atom. The van der Waals surface area contributed by atoms with Gasteiger partial charge in [0, 0.05) is 24.1 Å². The summed E-state index contributed by atoms with van der Waals surface area (Å²) in [5.41, 5.74) is 1.27. The van der Waals surface area contributed by atoms with E-state index in [1.54, 1.807) is 7.11 Å². The van der Waals surface area contributed by atoms with Crippen LogP contribution < -0.4 is 10.1 Å². The Balaban J connectivity index is 2.01. The van der Waals surface area contributed by atoms with Gasteiger partial charge in [0.15, 0.2) is 0 Å². The molecule has 1 heterocycles. The molecule has 1 aliphatic heterocycles. The topological polar surface area (TPSA) is 21.3 Å². The molecule has 1 aliphatic rings. The van der Waals surface area contributed by atoms with E-state index in [2.05, 4.69) is 11.4 Å². The van der Waals surface area contributed by atoms with Crippen LogP contribution in [-0.2, 0) is 6.42 Å². The van der Waals surface area contributed by atoms with Crippen molar-refractivity contribution in [2.24, 2.45) is 0 Å². The molecule has 1 aromatic rings. The predicted molar refractivity (Wildman–Crippen MR) is 70.8 cm³/mol. The number of halogens is 1. The fourth-order valence-electron chi connectivity index (χ4n) is 1.87. The zero-order valence-corrected chi connectivity index (χ0v) is 10.9. The van der Waals surface area contributed by atoms with Crippen molar-refractivity contribution >= 4 is 23.4 Å². The molecule has 1 N–H and O–H groups in total. The van der Waals surface area contributed by atoms with Gasteiger partial charge in [0.1, 0.15) is 5.75 Å². The van der Waals surface area contributed by atoms with Crippen LogP contribution in [0.3, 0.4) is 0 Å². The molecule has 0 saturated carbocycles. The van der Waals surface area contributed by atoms with Crippen molar-refractivity contribution in [1.82, 2.24) is 5.32 Å². The number of hydrogen-bond donors (Lipinski definition) is 1. The summed E-state index contributed by atoms with van der Waals surface area (Å²) in [5, 5.41) is 4.22. The number of ether oxygens (including phenoxy) is 1. The summed E-state index contributed by atoms with van der Waals surface area (Å²) in [6.07, 6.45) is 1.04. The number of nitrogens with one attached hydrogen (secondary N) is 1. The minimum absolute atomic E-state index is 0.572. The van der Waals surface area contributed by atoms with Gasteiger partial charge in [-0.2, -0.15) is 11.8 Å². The predicted octanol–water partition coefficient (Wildman–Crippen LogP) is 2.60. The summed E-state index contributed by atoms with van der Waals surface area (Å²) in [6.45, 7) is 1.11. The zero-order valence-electron chi connectivity index (χ0n) is 9.33. The van der Waals surface area contributed by atoms with Gasteiger partial charge in [-0.3, -0.25) is 0 Å². The van der Waals surface area contributed by atoms with Gasteiger partial charge in [0.05, 0.1) is 12.1 Å². The number of thioether (sulfide) groups is 1. The molecule has 1 aromatic carbocycles. The second kappa shape index (κ2) is 5.80. The maximum absolute atomic E-state index is 6.10. The molecular weight excluding hydrogens is 242 g/mol. The normalized spacial score (nSPS) is 20.8. The first-order valence-electron chi connectivity index (χ1n) is 5.43. The lowest BCUT2D eigenvalue weighted by Crippen LogP contribution is -2.38. The Hall–Kier alpha value is -0.380. The quantitative estimate of drug-likeness (QED) is 0.900. The number of rotatable bonds is 3. The van der Waals surface area contributed by atoms with Gasteiger partial charge in [-0.1, -0.05) is 17.7 Å². The Morgan fingerprint density at radius 3 is 3.06 bits per heavy atom. The Labute approximate surface area is 106 Å². The van der Waals surface area contributed by atoms with Crippen molar-refractivity contribution in [3.8, 4) is 5.75 Å². The van der Waals surface area contributed by atoms with Crippen LogP contribution in [0.5, 0.6) is 5.75 Å². The average Bonchev–Trinajstić information content (AvgIpc) is 2.31. The molecule has 0 radical (unpaired) electrons. The van der Waals surface area contributed by atoms with Crippen LogP contribution in [0.1, 0.15) is 5.56 Å². The summed E-state index contributed by atoms with van der Waals surface area (Å²) in [7, 11) is 1.64. The fourth-order valence-corrected chi connectivity index (χ4v) is 3.10. The lowest BCUT2D eigenvalue weighted by molar-refractivity contribution is 0.415. The maximum atomic E-state index is 6.10. The van der Waals surface area contributed by atoms with E-state index in [9.17, 15) is 0 Å².